The number of benzene rings is 2. The van der Waals surface area contributed by atoms with Crippen molar-refractivity contribution in [3.8, 4) is 0 Å². The number of piperidine rings is 2. The van der Waals surface area contributed by atoms with Crippen molar-refractivity contribution in [2.75, 3.05) is 20.1 Å². The second-order valence-corrected chi connectivity index (χ2v) is 14.4. The van der Waals surface area contributed by atoms with Crippen LogP contribution >= 0.6 is 0 Å². The summed E-state index contributed by atoms with van der Waals surface area (Å²) in [6.07, 6.45) is 5.29. The zero-order valence-corrected chi connectivity index (χ0v) is 26.2. The smallest absolute Gasteiger partial charge is 0.227 e. The first-order valence-electron chi connectivity index (χ1n) is 16.5. The molecule has 5 aliphatic rings. The number of hydrogen-bond donors (Lipinski definition) is 3. The zero-order chi connectivity index (χ0) is 31.2. The standard InChI is InChI=1S/C36H42N4O5/c1-20(2)35(38-33(42)23-16-25-24-11-7-12-27-30(24)22(18-37-27)17-28(25)39(3)19-23)32(41)31-26(15-21-9-5-4-6-10-21)34(43)40-14-8-13-29(40)36(31,44)45-35/h4-7,9-12,18,20,23,25-26,28-29,31,37,44H,8,13-17,19H2,1-3H3,(H,38,42)/t23-,25-,26-,28-,29+,31?,35-,36+/m1/s1. The molecule has 0 saturated carbocycles. The highest BCUT2D eigenvalue weighted by Crippen LogP contribution is 2.53. The van der Waals surface area contributed by atoms with Crippen molar-refractivity contribution in [2.45, 2.75) is 75.5 Å². The molecule has 1 unspecified atom stereocenters. The normalized spacial score (nSPS) is 35.9. The summed E-state index contributed by atoms with van der Waals surface area (Å²) in [6.45, 7) is 4.77. The highest BCUT2D eigenvalue weighted by Gasteiger charge is 2.73. The molecule has 9 heteroatoms. The van der Waals surface area contributed by atoms with E-state index >= 15 is 0 Å². The molecule has 0 radical (unpaired) electrons. The molecule has 236 valence electrons. The molecule has 1 aliphatic carbocycles. The van der Waals surface area contributed by atoms with E-state index in [2.05, 4.69) is 46.6 Å². The predicted octanol–water partition coefficient (Wildman–Crippen LogP) is 3.36. The number of fused-ring (bicyclic) bond motifs is 5. The minimum absolute atomic E-state index is 0.116. The van der Waals surface area contributed by atoms with Crippen LogP contribution in [-0.4, -0.2) is 81.2 Å². The van der Waals surface area contributed by atoms with Crippen LogP contribution in [0.25, 0.3) is 10.9 Å². The number of ketones is 1. The lowest BCUT2D eigenvalue weighted by atomic mass is 9.71. The minimum atomic E-state index is -1.88. The number of H-pyrrole nitrogens is 1. The Kier molecular flexibility index (Phi) is 6.58. The van der Waals surface area contributed by atoms with E-state index in [1.54, 1.807) is 4.90 Å². The van der Waals surface area contributed by atoms with Crippen molar-refractivity contribution in [2.24, 2.45) is 23.7 Å². The SMILES string of the molecule is CC(C)[C@@]1(NC(=O)[C@@H]2C[C@@H]3c4cccc5[nH]cc(c45)C[C@H]3N(C)C2)O[C@]2(O)C(C1=O)[C@@H](Cc1ccccc1)C(=O)N1CCC[C@H]12. The van der Waals surface area contributed by atoms with E-state index in [0.717, 1.165) is 23.9 Å². The van der Waals surface area contributed by atoms with Crippen molar-refractivity contribution in [1.82, 2.24) is 20.1 Å². The van der Waals surface area contributed by atoms with Gasteiger partial charge in [-0.1, -0.05) is 56.3 Å². The number of likely N-dealkylation sites (tertiary alicyclic amines) is 1. The predicted molar refractivity (Wildman–Crippen MR) is 168 cm³/mol. The van der Waals surface area contributed by atoms with Crippen molar-refractivity contribution >= 4 is 28.5 Å². The summed E-state index contributed by atoms with van der Waals surface area (Å²) in [6, 6.07) is 15.6. The first kappa shape index (κ1) is 28.9. The van der Waals surface area contributed by atoms with Crippen LogP contribution in [0.2, 0.25) is 0 Å². The zero-order valence-electron chi connectivity index (χ0n) is 26.2. The van der Waals surface area contributed by atoms with Crippen LogP contribution in [-0.2, 0) is 32.0 Å². The van der Waals surface area contributed by atoms with Gasteiger partial charge in [0.05, 0.1) is 23.8 Å². The fraction of sp³-hybridized carbons (Fsp3) is 0.528. The van der Waals surface area contributed by atoms with Gasteiger partial charge in [0.25, 0.3) is 0 Å². The molecule has 2 aromatic carbocycles. The molecule has 8 atom stereocenters. The van der Waals surface area contributed by atoms with Gasteiger partial charge in [-0.05, 0) is 61.9 Å². The monoisotopic (exact) mass is 610 g/mol. The number of Topliss-reactive ketones (excluding diaryl/α,β-unsaturated/α-hetero) is 1. The maximum Gasteiger partial charge on any atom is 0.227 e. The van der Waals surface area contributed by atoms with Gasteiger partial charge in [0, 0.05) is 48.1 Å². The summed E-state index contributed by atoms with van der Waals surface area (Å²) in [5.74, 6) is -5.15. The lowest BCUT2D eigenvalue weighted by Crippen LogP contribution is -2.65. The van der Waals surface area contributed by atoms with Gasteiger partial charge >= 0.3 is 0 Å². The fourth-order valence-corrected chi connectivity index (χ4v) is 9.48. The molecule has 4 fully saturated rings. The topological polar surface area (TPSA) is 115 Å². The number of ether oxygens (including phenoxy) is 1. The number of hydrogen-bond acceptors (Lipinski definition) is 6. The Hall–Kier alpha value is -3.53. The fourth-order valence-electron chi connectivity index (χ4n) is 9.48. The van der Waals surface area contributed by atoms with Crippen LogP contribution in [0.4, 0.5) is 0 Å². The van der Waals surface area contributed by atoms with Crippen LogP contribution in [0, 0.1) is 23.7 Å². The summed E-state index contributed by atoms with van der Waals surface area (Å²) >= 11 is 0. The van der Waals surface area contributed by atoms with Crippen LogP contribution in [0.5, 0.6) is 0 Å². The Morgan fingerprint density at radius 3 is 2.73 bits per heavy atom. The van der Waals surface area contributed by atoms with Gasteiger partial charge in [-0.25, -0.2) is 0 Å². The quantitative estimate of drug-likeness (QED) is 0.408. The third-order valence-corrected chi connectivity index (χ3v) is 11.7. The van der Waals surface area contributed by atoms with Gasteiger partial charge in [0.15, 0.2) is 11.6 Å². The number of carbonyl (C=O) groups is 3. The number of carbonyl (C=O) groups excluding carboxylic acids is 3. The molecule has 45 heavy (non-hydrogen) atoms. The second kappa shape index (κ2) is 10.2. The van der Waals surface area contributed by atoms with E-state index in [1.165, 1.54) is 16.5 Å². The summed E-state index contributed by atoms with van der Waals surface area (Å²) in [7, 11) is 2.08. The number of likely N-dealkylation sites (N-methyl/N-ethyl adjacent to an activating group) is 1. The van der Waals surface area contributed by atoms with Crippen molar-refractivity contribution in [3.05, 3.63) is 71.4 Å². The number of nitrogens with zero attached hydrogens (tertiary/aromatic N) is 2. The molecular formula is C36H42N4O5. The first-order chi connectivity index (χ1) is 21.6. The number of aliphatic hydroxyl groups is 1. The van der Waals surface area contributed by atoms with Gasteiger partial charge in [-0.3, -0.25) is 14.4 Å². The Labute approximate surface area is 263 Å². The lowest BCUT2D eigenvalue weighted by molar-refractivity contribution is -0.290. The van der Waals surface area contributed by atoms with E-state index in [-0.39, 0.29) is 29.7 Å². The third kappa shape index (κ3) is 4.13. The Morgan fingerprint density at radius 1 is 1.16 bits per heavy atom. The average molecular weight is 611 g/mol. The second-order valence-electron chi connectivity index (χ2n) is 14.4. The molecule has 3 aromatic rings. The number of aromatic amines is 1. The highest BCUT2D eigenvalue weighted by molar-refractivity contribution is 6.00. The van der Waals surface area contributed by atoms with Crippen LogP contribution in [0.15, 0.2) is 54.7 Å². The molecule has 2 amide bonds. The van der Waals surface area contributed by atoms with Crippen LogP contribution < -0.4 is 5.32 Å². The van der Waals surface area contributed by atoms with Crippen molar-refractivity contribution in [1.29, 1.82) is 0 Å². The maximum atomic E-state index is 14.7. The van der Waals surface area contributed by atoms with E-state index in [4.69, 9.17) is 4.74 Å². The van der Waals surface area contributed by atoms with E-state index in [9.17, 15) is 19.5 Å². The molecule has 4 aliphatic heterocycles. The van der Waals surface area contributed by atoms with E-state index in [0.29, 0.717) is 32.4 Å². The average Bonchev–Trinajstić information content (AvgIpc) is 3.74. The van der Waals surface area contributed by atoms with E-state index < -0.39 is 41.1 Å². The summed E-state index contributed by atoms with van der Waals surface area (Å²) in [4.78, 5) is 50.3. The highest BCUT2D eigenvalue weighted by atomic mass is 16.7. The molecule has 3 N–H and O–H groups in total. The van der Waals surface area contributed by atoms with Gasteiger partial charge in [0.1, 0.15) is 0 Å². The molecule has 1 aromatic heterocycles. The lowest BCUT2D eigenvalue weighted by Gasteiger charge is -2.47. The largest absolute Gasteiger partial charge is 0.363 e. The molecular weight excluding hydrogens is 568 g/mol. The molecule has 4 saturated heterocycles. The molecule has 5 heterocycles. The summed E-state index contributed by atoms with van der Waals surface area (Å²) in [5.41, 5.74) is 2.88. The van der Waals surface area contributed by atoms with Gasteiger partial charge in [-0.2, -0.15) is 0 Å². The number of amides is 2. The first-order valence-corrected chi connectivity index (χ1v) is 16.5. The van der Waals surface area contributed by atoms with Gasteiger partial charge < -0.3 is 29.9 Å². The minimum Gasteiger partial charge on any atom is -0.363 e. The van der Waals surface area contributed by atoms with Gasteiger partial charge in [0.2, 0.25) is 17.5 Å². The molecule has 9 nitrogen and oxygen atoms in total. The Balaban J connectivity index is 1.12. The maximum absolute atomic E-state index is 14.7. The Bertz CT molecular complexity index is 1690. The molecule has 0 bridgehead atoms. The summed E-state index contributed by atoms with van der Waals surface area (Å²) in [5, 5.41) is 16.7. The van der Waals surface area contributed by atoms with Crippen LogP contribution in [0.3, 0.4) is 0 Å². The Morgan fingerprint density at radius 2 is 1.96 bits per heavy atom. The number of rotatable bonds is 5. The van der Waals surface area contributed by atoms with Crippen molar-refractivity contribution in [3.63, 3.8) is 0 Å². The molecule has 8 rings (SSSR count). The van der Waals surface area contributed by atoms with E-state index in [1.807, 2.05) is 44.2 Å². The summed E-state index contributed by atoms with van der Waals surface area (Å²) < 4.78 is 6.58. The third-order valence-electron chi connectivity index (χ3n) is 11.7. The van der Waals surface area contributed by atoms with Crippen molar-refractivity contribution < 1.29 is 24.2 Å². The van der Waals surface area contributed by atoms with Crippen LogP contribution in [0.1, 0.15) is 55.7 Å². The number of nitrogens with one attached hydrogen (secondary N) is 2. The van der Waals surface area contributed by atoms with Gasteiger partial charge in [-0.15, -0.1) is 0 Å². The molecule has 0 spiro atoms. The number of aromatic nitrogens is 1.